The second kappa shape index (κ2) is 7.25. The minimum absolute atomic E-state index is 0.112. The van der Waals surface area contributed by atoms with E-state index in [2.05, 4.69) is 15.4 Å². The third kappa shape index (κ3) is 4.69. The fraction of sp³-hybridized carbons (Fsp3) is 0.308. The van der Waals surface area contributed by atoms with Crippen LogP contribution in [0.15, 0.2) is 24.3 Å². The van der Waals surface area contributed by atoms with Crippen LogP contribution in [0.1, 0.15) is 17.3 Å². The van der Waals surface area contributed by atoms with Gasteiger partial charge in [0.05, 0.1) is 6.54 Å². The van der Waals surface area contributed by atoms with Gasteiger partial charge in [-0.2, -0.15) is 0 Å². The Bertz CT molecular complexity index is 515. The Morgan fingerprint density at radius 1 is 1.35 bits per heavy atom. The molecule has 2 amide bonds. The summed E-state index contributed by atoms with van der Waals surface area (Å²) in [7, 11) is 1.24. The molecule has 0 aliphatic rings. The van der Waals surface area contributed by atoms with E-state index in [1.54, 1.807) is 18.2 Å². The van der Waals surface area contributed by atoms with Gasteiger partial charge >= 0.3 is 12.0 Å². The van der Waals surface area contributed by atoms with Crippen molar-refractivity contribution >= 4 is 23.5 Å². The van der Waals surface area contributed by atoms with Gasteiger partial charge in [0, 0.05) is 18.4 Å². The number of rotatable bonds is 6. The van der Waals surface area contributed by atoms with Gasteiger partial charge < -0.3 is 20.5 Å². The third-order valence-corrected chi connectivity index (χ3v) is 2.53. The molecule has 0 fully saturated rings. The predicted octanol–water partition coefficient (Wildman–Crippen LogP) is 1.11. The second-order valence-corrected chi connectivity index (χ2v) is 4.03. The Labute approximate surface area is 115 Å². The molecule has 0 aliphatic carbocycles. The molecule has 1 rings (SSSR count). The highest BCUT2D eigenvalue weighted by atomic mass is 16.5. The molecule has 20 heavy (non-hydrogen) atoms. The van der Waals surface area contributed by atoms with E-state index in [0.29, 0.717) is 11.3 Å². The van der Waals surface area contributed by atoms with Gasteiger partial charge in [-0.15, -0.1) is 0 Å². The number of anilines is 1. The number of carbonyl (C=O) groups excluding carboxylic acids is 2. The Kier molecular flexibility index (Phi) is 5.67. The molecule has 0 bridgehead atoms. The third-order valence-electron chi connectivity index (χ3n) is 2.53. The molecule has 0 aromatic heterocycles. The zero-order valence-corrected chi connectivity index (χ0v) is 11.2. The summed E-state index contributed by atoms with van der Waals surface area (Å²) in [5, 5.41) is 13.6. The summed E-state index contributed by atoms with van der Waals surface area (Å²) in [6, 6.07) is 5.86. The number of urea groups is 1. The number of aliphatic carboxylic acids is 1. The van der Waals surface area contributed by atoms with E-state index < -0.39 is 18.1 Å². The molecule has 0 heterocycles. The summed E-state index contributed by atoms with van der Waals surface area (Å²) < 4.78 is 4.68. The number of nitrogens with one attached hydrogen (secondary N) is 2. The Morgan fingerprint density at radius 2 is 2.05 bits per heavy atom. The van der Waals surface area contributed by atoms with Crippen molar-refractivity contribution in [2.75, 3.05) is 19.0 Å². The summed E-state index contributed by atoms with van der Waals surface area (Å²) >= 11 is 0. The smallest absolute Gasteiger partial charge is 0.334 e. The van der Waals surface area contributed by atoms with Crippen molar-refractivity contribution < 1.29 is 24.2 Å². The largest absolute Gasteiger partial charge is 0.479 e. The van der Waals surface area contributed by atoms with Crippen LogP contribution in [0.4, 0.5) is 10.5 Å². The monoisotopic (exact) mass is 280 g/mol. The molecule has 0 saturated heterocycles. The van der Waals surface area contributed by atoms with Gasteiger partial charge in [-0.05, 0) is 19.1 Å². The molecular weight excluding hydrogens is 264 g/mol. The lowest BCUT2D eigenvalue weighted by Gasteiger charge is -2.12. The lowest BCUT2D eigenvalue weighted by atomic mass is 10.1. The first kappa shape index (κ1) is 15.6. The van der Waals surface area contributed by atoms with Gasteiger partial charge in [0.1, 0.15) is 0 Å². The van der Waals surface area contributed by atoms with Crippen molar-refractivity contribution in [3.05, 3.63) is 29.8 Å². The second-order valence-electron chi connectivity index (χ2n) is 4.03. The number of hydrogen-bond acceptors (Lipinski definition) is 4. The maximum Gasteiger partial charge on any atom is 0.334 e. The SMILES string of the molecule is COC(CNC(=O)Nc1cccc(C(C)=O)c1)C(=O)O. The van der Waals surface area contributed by atoms with Gasteiger partial charge in [-0.1, -0.05) is 12.1 Å². The highest BCUT2D eigenvalue weighted by Gasteiger charge is 2.17. The van der Waals surface area contributed by atoms with Crippen molar-refractivity contribution in [3.63, 3.8) is 0 Å². The lowest BCUT2D eigenvalue weighted by Crippen LogP contribution is -2.39. The maximum absolute atomic E-state index is 11.6. The normalized spacial score (nSPS) is 11.5. The number of Topliss-reactive ketones (excluding diaryl/α,β-unsaturated/α-hetero) is 1. The fourth-order valence-electron chi connectivity index (χ4n) is 1.45. The standard InChI is InChI=1S/C13H16N2O5/c1-8(16)9-4-3-5-10(6-9)15-13(19)14-7-11(20-2)12(17)18/h3-6,11H,7H2,1-2H3,(H,17,18)(H2,14,15,19). The topological polar surface area (TPSA) is 105 Å². The van der Waals surface area contributed by atoms with E-state index in [0.717, 1.165) is 0 Å². The summed E-state index contributed by atoms with van der Waals surface area (Å²) in [6.07, 6.45) is -1.11. The van der Waals surface area contributed by atoms with Crippen LogP contribution in [0.25, 0.3) is 0 Å². The molecule has 0 aliphatic heterocycles. The molecular formula is C13H16N2O5. The van der Waals surface area contributed by atoms with E-state index in [9.17, 15) is 14.4 Å². The quantitative estimate of drug-likeness (QED) is 0.677. The number of carboxylic acids is 1. The van der Waals surface area contributed by atoms with Gasteiger partial charge in [-0.3, -0.25) is 4.79 Å². The highest BCUT2D eigenvalue weighted by molar-refractivity contribution is 5.96. The van der Waals surface area contributed by atoms with Crippen LogP contribution in [-0.2, 0) is 9.53 Å². The minimum atomic E-state index is -1.16. The molecule has 1 aromatic carbocycles. The van der Waals surface area contributed by atoms with Crippen molar-refractivity contribution in [1.82, 2.24) is 5.32 Å². The Hall–Kier alpha value is -2.41. The first-order chi connectivity index (χ1) is 9.43. The van der Waals surface area contributed by atoms with Crippen LogP contribution < -0.4 is 10.6 Å². The van der Waals surface area contributed by atoms with E-state index >= 15 is 0 Å². The molecule has 0 saturated carbocycles. The van der Waals surface area contributed by atoms with Gasteiger partial charge in [0.25, 0.3) is 0 Å². The number of ether oxygens (including phenoxy) is 1. The van der Waals surface area contributed by atoms with Crippen molar-refractivity contribution in [1.29, 1.82) is 0 Å². The van der Waals surface area contributed by atoms with Crippen LogP contribution in [0, 0.1) is 0 Å². The van der Waals surface area contributed by atoms with Crippen LogP contribution in [-0.4, -0.2) is 42.6 Å². The number of carboxylic acid groups (broad SMARTS) is 1. The van der Waals surface area contributed by atoms with Gasteiger partial charge in [0.15, 0.2) is 11.9 Å². The van der Waals surface area contributed by atoms with Crippen LogP contribution in [0.3, 0.4) is 0 Å². The average Bonchev–Trinajstić information content (AvgIpc) is 2.39. The van der Waals surface area contributed by atoms with Crippen molar-refractivity contribution in [2.45, 2.75) is 13.0 Å². The molecule has 1 aromatic rings. The van der Waals surface area contributed by atoms with Gasteiger partial charge in [0.2, 0.25) is 0 Å². The number of amides is 2. The zero-order valence-electron chi connectivity index (χ0n) is 11.2. The number of ketones is 1. The molecule has 7 heteroatoms. The lowest BCUT2D eigenvalue weighted by molar-refractivity contribution is -0.147. The first-order valence-electron chi connectivity index (χ1n) is 5.85. The summed E-state index contributed by atoms with van der Waals surface area (Å²) in [5.41, 5.74) is 0.919. The zero-order chi connectivity index (χ0) is 15.1. The molecule has 7 nitrogen and oxygen atoms in total. The Morgan fingerprint density at radius 3 is 2.60 bits per heavy atom. The predicted molar refractivity (Wildman–Crippen MR) is 71.9 cm³/mol. The van der Waals surface area contributed by atoms with E-state index in [-0.39, 0.29) is 12.3 Å². The van der Waals surface area contributed by atoms with E-state index in [1.165, 1.54) is 20.1 Å². The molecule has 1 atom stereocenters. The van der Waals surface area contributed by atoms with Crippen LogP contribution in [0.2, 0.25) is 0 Å². The molecule has 0 radical (unpaired) electrons. The first-order valence-corrected chi connectivity index (χ1v) is 5.85. The molecule has 0 spiro atoms. The van der Waals surface area contributed by atoms with E-state index in [1.807, 2.05) is 0 Å². The Balaban J connectivity index is 2.56. The summed E-state index contributed by atoms with van der Waals surface area (Å²) in [4.78, 5) is 33.5. The maximum atomic E-state index is 11.6. The minimum Gasteiger partial charge on any atom is -0.479 e. The van der Waals surface area contributed by atoms with Crippen molar-refractivity contribution in [3.8, 4) is 0 Å². The van der Waals surface area contributed by atoms with Crippen molar-refractivity contribution in [2.24, 2.45) is 0 Å². The number of methoxy groups -OCH3 is 1. The molecule has 108 valence electrons. The summed E-state index contributed by atoms with van der Waals surface area (Å²) in [6.45, 7) is 1.26. The number of hydrogen-bond donors (Lipinski definition) is 3. The fourth-order valence-corrected chi connectivity index (χ4v) is 1.45. The number of benzene rings is 1. The number of carbonyl (C=O) groups is 3. The molecule has 3 N–H and O–H groups in total. The molecule has 1 unspecified atom stereocenters. The average molecular weight is 280 g/mol. The summed E-state index contributed by atoms with van der Waals surface area (Å²) in [5.74, 6) is -1.27. The van der Waals surface area contributed by atoms with Crippen LogP contribution in [0.5, 0.6) is 0 Å². The van der Waals surface area contributed by atoms with E-state index in [4.69, 9.17) is 5.11 Å². The van der Waals surface area contributed by atoms with Crippen LogP contribution >= 0.6 is 0 Å². The highest BCUT2D eigenvalue weighted by Crippen LogP contribution is 2.10. The van der Waals surface area contributed by atoms with Gasteiger partial charge in [-0.25, -0.2) is 9.59 Å².